The first-order chi connectivity index (χ1) is 10.2. The Morgan fingerprint density at radius 1 is 0.810 bits per heavy atom. The van der Waals surface area contributed by atoms with Crippen LogP contribution in [-0.4, -0.2) is 0 Å². The van der Waals surface area contributed by atoms with Gasteiger partial charge in [-0.25, -0.2) is 0 Å². The third-order valence-corrected chi connectivity index (χ3v) is 4.07. The van der Waals surface area contributed by atoms with E-state index in [9.17, 15) is 10.5 Å². The number of rotatable bonds is 0. The number of aryl methyl sites for hydroxylation is 2. The van der Waals surface area contributed by atoms with E-state index in [0.717, 1.165) is 33.4 Å². The Morgan fingerprint density at radius 3 is 1.62 bits per heavy atom. The fourth-order valence-electron chi connectivity index (χ4n) is 3.10. The monoisotopic (exact) mass is 273 g/mol. The predicted molar refractivity (Wildman–Crippen MR) is 81.2 cm³/mol. The van der Waals surface area contributed by atoms with E-state index >= 15 is 0 Å². The summed E-state index contributed by atoms with van der Waals surface area (Å²) in [6.45, 7) is 4.10. The Morgan fingerprint density at radius 2 is 1.24 bits per heavy atom. The maximum atomic E-state index is 9.49. The molecule has 102 valence electrons. The highest BCUT2D eigenvalue weighted by atomic mass is 15.0. The molecule has 2 aromatic carbocycles. The Kier molecular flexibility index (Phi) is 3.22. The maximum Gasteiger partial charge on any atom is 0.123 e. The Hall–Kier alpha value is -2.62. The van der Waals surface area contributed by atoms with Crippen LogP contribution in [0.25, 0.3) is 11.1 Å². The number of nitrogens with one attached hydrogen (secondary N) is 1. The molecule has 0 bridgehead atoms. The van der Waals surface area contributed by atoms with Gasteiger partial charge in [0.15, 0.2) is 0 Å². The zero-order chi connectivity index (χ0) is 15.0. The summed E-state index contributed by atoms with van der Waals surface area (Å²) in [5.41, 5.74) is 6.33. The van der Waals surface area contributed by atoms with Gasteiger partial charge in [0.1, 0.15) is 12.1 Å². The van der Waals surface area contributed by atoms with Crippen molar-refractivity contribution in [2.45, 2.75) is 25.9 Å². The molecule has 0 radical (unpaired) electrons. The van der Waals surface area contributed by atoms with E-state index in [1.54, 1.807) is 0 Å². The molecule has 1 N–H and O–H groups in total. The van der Waals surface area contributed by atoms with Crippen LogP contribution in [0.2, 0.25) is 0 Å². The highest BCUT2D eigenvalue weighted by Crippen LogP contribution is 2.41. The molecule has 0 amide bonds. The summed E-state index contributed by atoms with van der Waals surface area (Å²) in [4.78, 5) is 0. The number of nitriles is 2. The minimum atomic E-state index is -0.476. The number of hydrogen-bond acceptors (Lipinski definition) is 3. The first-order valence-corrected chi connectivity index (χ1v) is 6.92. The molecule has 3 heteroatoms. The van der Waals surface area contributed by atoms with Gasteiger partial charge in [-0.2, -0.15) is 10.5 Å². The van der Waals surface area contributed by atoms with Crippen LogP contribution in [0.1, 0.15) is 34.3 Å². The molecule has 0 aliphatic carbocycles. The van der Waals surface area contributed by atoms with Crippen LogP contribution >= 0.6 is 0 Å². The Labute approximate surface area is 124 Å². The fraction of sp³-hybridized carbons (Fsp3) is 0.222. The third-order valence-electron chi connectivity index (χ3n) is 4.07. The average molecular weight is 273 g/mol. The van der Waals surface area contributed by atoms with Crippen LogP contribution < -0.4 is 5.32 Å². The van der Waals surface area contributed by atoms with Gasteiger partial charge in [0, 0.05) is 0 Å². The van der Waals surface area contributed by atoms with Gasteiger partial charge in [-0.1, -0.05) is 36.4 Å². The van der Waals surface area contributed by atoms with Crippen molar-refractivity contribution >= 4 is 0 Å². The van der Waals surface area contributed by atoms with Crippen molar-refractivity contribution < 1.29 is 0 Å². The van der Waals surface area contributed by atoms with Gasteiger partial charge in [-0.05, 0) is 47.2 Å². The SMILES string of the molecule is Cc1cccc2c1-c1c(C)cccc1[C@@H](C#N)N[C@H]2C#N. The lowest BCUT2D eigenvalue weighted by molar-refractivity contribution is 0.588. The number of hydrogen-bond donors (Lipinski definition) is 1. The summed E-state index contributed by atoms with van der Waals surface area (Å²) in [7, 11) is 0. The van der Waals surface area contributed by atoms with E-state index in [0.29, 0.717) is 0 Å². The molecule has 0 aromatic heterocycles. The lowest BCUT2D eigenvalue weighted by atomic mass is 9.87. The smallest absolute Gasteiger partial charge is 0.123 e. The van der Waals surface area contributed by atoms with Crippen LogP contribution in [0.5, 0.6) is 0 Å². The molecular formula is C18H15N3. The summed E-state index contributed by atoms with van der Waals surface area (Å²) in [5, 5.41) is 22.1. The maximum absolute atomic E-state index is 9.49. The molecule has 2 atom stereocenters. The molecule has 0 spiro atoms. The molecule has 3 rings (SSSR count). The highest BCUT2D eigenvalue weighted by Gasteiger charge is 2.29. The normalized spacial score (nSPS) is 19.6. The zero-order valence-electron chi connectivity index (χ0n) is 12.0. The van der Waals surface area contributed by atoms with Gasteiger partial charge in [-0.3, -0.25) is 5.32 Å². The largest absolute Gasteiger partial charge is 0.279 e. The summed E-state index contributed by atoms with van der Waals surface area (Å²) in [6.07, 6.45) is 0. The average Bonchev–Trinajstić information content (AvgIpc) is 2.63. The molecular weight excluding hydrogens is 258 g/mol. The second kappa shape index (κ2) is 5.05. The summed E-state index contributed by atoms with van der Waals surface area (Å²) in [5.74, 6) is 0. The quantitative estimate of drug-likeness (QED) is 0.796. The molecule has 1 heterocycles. The van der Waals surface area contributed by atoms with Crippen LogP contribution in [0.15, 0.2) is 36.4 Å². The first-order valence-electron chi connectivity index (χ1n) is 6.92. The topological polar surface area (TPSA) is 59.6 Å². The van der Waals surface area contributed by atoms with Crippen molar-refractivity contribution in [3.63, 3.8) is 0 Å². The minimum Gasteiger partial charge on any atom is -0.279 e. The third kappa shape index (κ3) is 2.00. The Balaban J connectivity index is 2.43. The van der Waals surface area contributed by atoms with E-state index in [-0.39, 0.29) is 0 Å². The molecule has 21 heavy (non-hydrogen) atoms. The minimum absolute atomic E-state index is 0.476. The van der Waals surface area contributed by atoms with Crippen LogP contribution in [0.3, 0.4) is 0 Å². The molecule has 2 aromatic rings. The van der Waals surface area contributed by atoms with Gasteiger partial charge in [0.25, 0.3) is 0 Å². The molecule has 0 fully saturated rings. The predicted octanol–water partition coefficient (Wildman–Crippen LogP) is 3.70. The van der Waals surface area contributed by atoms with E-state index in [2.05, 4.69) is 43.4 Å². The van der Waals surface area contributed by atoms with Crippen LogP contribution in [-0.2, 0) is 0 Å². The number of fused-ring (bicyclic) bond motifs is 3. The molecule has 3 nitrogen and oxygen atoms in total. The van der Waals surface area contributed by atoms with Crippen LogP contribution in [0.4, 0.5) is 0 Å². The molecule has 0 unspecified atom stereocenters. The second-order valence-corrected chi connectivity index (χ2v) is 5.37. The lowest BCUT2D eigenvalue weighted by Crippen LogP contribution is -2.23. The summed E-state index contributed by atoms with van der Waals surface area (Å²) in [6, 6.07) is 15.6. The van der Waals surface area contributed by atoms with E-state index in [1.807, 2.05) is 24.3 Å². The molecule has 1 aliphatic heterocycles. The summed E-state index contributed by atoms with van der Waals surface area (Å²) < 4.78 is 0. The highest BCUT2D eigenvalue weighted by molar-refractivity contribution is 5.79. The van der Waals surface area contributed by atoms with Crippen molar-refractivity contribution in [2.24, 2.45) is 0 Å². The number of nitrogens with zero attached hydrogens (tertiary/aromatic N) is 2. The van der Waals surface area contributed by atoms with E-state index < -0.39 is 12.1 Å². The first kappa shape index (κ1) is 13.4. The zero-order valence-corrected chi connectivity index (χ0v) is 12.0. The van der Waals surface area contributed by atoms with Crippen molar-refractivity contribution in [1.29, 1.82) is 10.5 Å². The summed E-state index contributed by atoms with van der Waals surface area (Å²) >= 11 is 0. The van der Waals surface area contributed by atoms with Gasteiger partial charge in [0.05, 0.1) is 12.1 Å². The van der Waals surface area contributed by atoms with E-state index in [1.165, 1.54) is 0 Å². The fourth-order valence-corrected chi connectivity index (χ4v) is 3.10. The van der Waals surface area contributed by atoms with Gasteiger partial charge >= 0.3 is 0 Å². The van der Waals surface area contributed by atoms with Crippen molar-refractivity contribution in [3.8, 4) is 23.3 Å². The van der Waals surface area contributed by atoms with Crippen molar-refractivity contribution in [3.05, 3.63) is 58.7 Å². The van der Waals surface area contributed by atoms with Gasteiger partial charge in [0.2, 0.25) is 0 Å². The van der Waals surface area contributed by atoms with E-state index in [4.69, 9.17) is 0 Å². The van der Waals surface area contributed by atoms with Crippen molar-refractivity contribution in [1.82, 2.24) is 5.32 Å². The molecule has 1 aliphatic rings. The molecule has 0 saturated carbocycles. The van der Waals surface area contributed by atoms with Crippen LogP contribution in [0, 0.1) is 36.5 Å². The number of benzene rings is 2. The molecule has 0 saturated heterocycles. The second-order valence-electron chi connectivity index (χ2n) is 5.37. The standard InChI is InChI=1S/C18H15N3/c1-11-5-3-7-13-15(9-19)21-16(10-20)14-8-4-6-12(2)18(14)17(11)13/h3-8,15-16,21H,1-2H3/t15-,16+. The van der Waals surface area contributed by atoms with Gasteiger partial charge in [-0.15, -0.1) is 0 Å². The van der Waals surface area contributed by atoms with Gasteiger partial charge < -0.3 is 0 Å². The van der Waals surface area contributed by atoms with Crippen molar-refractivity contribution in [2.75, 3.05) is 0 Å². The lowest BCUT2D eigenvalue weighted by Gasteiger charge is -2.16. The Bertz CT molecular complexity index is 726.